The van der Waals surface area contributed by atoms with Crippen LogP contribution in [0, 0.1) is 19.7 Å². The molecule has 3 aromatic rings. The number of Topliss-reactive ketones (excluding diaryl/α,β-unsaturated/α-hetero) is 1. The number of ketones is 1. The zero-order valence-corrected chi connectivity index (χ0v) is 20.3. The highest BCUT2D eigenvalue weighted by molar-refractivity contribution is 6.46. The molecule has 36 heavy (non-hydrogen) atoms. The van der Waals surface area contributed by atoms with Gasteiger partial charge in [0.15, 0.2) is 0 Å². The van der Waals surface area contributed by atoms with E-state index in [0.29, 0.717) is 29.8 Å². The molecule has 9 nitrogen and oxygen atoms in total. The van der Waals surface area contributed by atoms with Gasteiger partial charge in [0.2, 0.25) is 12.1 Å². The molecule has 10 heteroatoms. The van der Waals surface area contributed by atoms with Crippen molar-refractivity contribution >= 4 is 23.4 Å². The molecule has 2 N–H and O–H groups in total. The summed E-state index contributed by atoms with van der Waals surface area (Å²) < 4.78 is 20.6. The fourth-order valence-corrected chi connectivity index (χ4v) is 4.61. The number of rotatable bonds is 8. The van der Waals surface area contributed by atoms with Crippen LogP contribution in [0.25, 0.3) is 5.76 Å². The Labute approximate surface area is 207 Å². The van der Waals surface area contributed by atoms with E-state index >= 15 is 0 Å². The van der Waals surface area contributed by atoms with Gasteiger partial charge >= 0.3 is 5.97 Å². The first-order valence-corrected chi connectivity index (χ1v) is 11.6. The van der Waals surface area contributed by atoms with Crippen LogP contribution in [0.2, 0.25) is 0 Å². The lowest BCUT2D eigenvalue weighted by Gasteiger charge is -2.27. The second kappa shape index (κ2) is 10.2. The van der Waals surface area contributed by atoms with E-state index in [0.717, 1.165) is 0 Å². The van der Waals surface area contributed by atoms with Crippen LogP contribution in [-0.4, -0.2) is 45.7 Å². The smallest absolute Gasteiger partial charge is 0.355 e. The minimum atomic E-state index is -0.978. The van der Waals surface area contributed by atoms with E-state index in [2.05, 4.69) is 9.97 Å². The zero-order chi connectivity index (χ0) is 26.0. The number of imidazole rings is 1. The molecule has 1 aliphatic rings. The molecule has 1 atom stereocenters. The lowest BCUT2D eigenvalue weighted by molar-refractivity contribution is -0.695. The van der Waals surface area contributed by atoms with Gasteiger partial charge in [-0.25, -0.2) is 13.8 Å². The molecule has 188 valence electrons. The Balaban J connectivity index is 1.78. The fraction of sp³-hybridized carbons (Fsp3) is 0.308. The summed E-state index contributed by atoms with van der Waals surface area (Å²) in [5.41, 5.74) is 1.21. The highest BCUT2D eigenvalue weighted by Gasteiger charge is 2.44. The molecule has 2 aromatic heterocycles. The van der Waals surface area contributed by atoms with E-state index < -0.39 is 35.3 Å². The first-order chi connectivity index (χ1) is 17.2. The molecule has 1 aromatic carbocycles. The number of esters is 1. The van der Waals surface area contributed by atoms with Crippen LogP contribution in [0.4, 0.5) is 4.39 Å². The normalized spacial score (nSPS) is 17.1. The standard InChI is InChI=1S/C26H27FN4O5/c1-4-36-26(35)21-15(2)19(16(3)29-21)23(32)20-22(17-6-8-18(27)9-7-17)31(25(34)24(20)33)12-5-11-30-13-10-28-14-30/h6-10,13-14,22H,4-5,11-12H2,1-3H3,(H2,29,32,33,35). The third-order valence-corrected chi connectivity index (χ3v) is 6.28. The van der Waals surface area contributed by atoms with Gasteiger partial charge in [-0.1, -0.05) is 17.9 Å². The summed E-state index contributed by atoms with van der Waals surface area (Å²) in [5, 5.41) is 13.8. The molecule has 0 saturated carbocycles. The fourth-order valence-electron chi connectivity index (χ4n) is 4.61. The predicted octanol–water partition coefficient (Wildman–Crippen LogP) is 1.88. The summed E-state index contributed by atoms with van der Waals surface area (Å²) in [4.78, 5) is 45.8. The predicted molar refractivity (Wildman–Crippen MR) is 125 cm³/mol. The molecule has 0 spiro atoms. The number of aryl methyl sites for hydroxylation is 2. The van der Waals surface area contributed by atoms with E-state index in [9.17, 15) is 23.9 Å². The molecule has 0 radical (unpaired) electrons. The number of likely N-dealkylation sites (tertiary alicyclic amines) is 1. The van der Waals surface area contributed by atoms with Crippen LogP contribution < -0.4 is 9.67 Å². The van der Waals surface area contributed by atoms with Crippen molar-refractivity contribution in [3.05, 3.63) is 82.5 Å². The SMILES string of the molecule is CCOC(=O)c1[nH]c(C)c(C([O-])=C2C(=O)C(=O)N(CCC[n+]3cc[nH]c3)C2c2ccc(F)cc2)c1C. The maximum absolute atomic E-state index is 13.8. The van der Waals surface area contributed by atoms with Gasteiger partial charge in [0.1, 0.15) is 23.9 Å². The summed E-state index contributed by atoms with van der Waals surface area (Å²) in [6.07, 6.45) is 5.90. The van der Waals surface area contributed by atoms with E-state index in [1.807, 2.05) is 10.8 Å². The number of carbonyl (C=O) groups is 3. The number of aromatic nitrogens is 3. The highest BCUT2D eigenvalue weighted by atomic mass is 19.1. The largest absolute Gasteiger partial charge is 0.872 e. The molecule has 1 aliphatic heterocycles. The van der Waals surface area contributed by atoms with Crippen molar-refractivity contribution in [1.82, 2.24) is 14.9 Å². The van der Waals surface area contributed by atoms with Crippen molar-refractivity contribution in [3.63, 3.8) is 0 Å². The maximum atomic E-state index is 13.8. The maximum Gasteiger partial charge on any atom is 0.355 e. The number of nitrogens with one attached hydrogen (secondary N) is 2. The summed E-state index contributed by atoms with van der Waals surface area (Å²) in [5.74, 6) is -3.43. The third-order valence-electron chi connectivity index (χ3n) is 6.28. The molecular formula is C26H27FN4O5. The molecule has 1 saturated heterocycles. The van der Waals surface area contributed by atoms with Crippen molar-refractivity contribution in [2.24, 2.45) is 0 Å². The van der Waals surface area contributed by atoms with Gasteiger partial charge in [-0.2, -0.15) is 0 Å². The Morgan fingerprint density at radius 3 is 2.58 bits per heavy atom. The van der Waals surface area contributed by atoms with Gasteiger partial charge in [0.25, 0.3) is 5.91 Å². The lowest BCUT2D eigenvalue weighted by atomic mass is 9.94. The van der Waals surface area contributed by atoms with E-state index in [1.165, 1.54) is 29.2 Å². The van der Waals surface area contributed by atoms with Gasteiger partial charge in [-0.3, -0.25) is 14.6 Å². The Morgan fingerprint density at radius 2 is 1.94 bits per heavy atom. The van der Waals surface area contributed by atoms with E-state index in [4.69, 9.17) is 4.74 Å². The Kier molecular flexibility index (Phi) is 7.05. The first kappa shape index (κ1) is 24.9. The summed E-state index contributed by atoms with van der Waals surface area (Å²) >= 11 is 0. The molecule has 1 amide bonds. The number of nitrogens with zero attached hydrogens (tertiary/aromatic N) is 2. The zero-order valence-electron chi connectivity index (χ0n) is 20.3. The number of carbonyl (C=O) groups excluding carboxylic acids is 3. The van der Waals surface area contributed by atoms with Gasteiger partial charge < -0.3 is 19.7 Å². The third kappa shape index (κ3) is 4.53. The van der Waals surface area contributed by atoms with Crippen LogP contribution in [0.5, 0.6) is 0 Å². The number of benzene rings is 1. The number of amides is 1. The van der Waals surface area contributed by atoms with Gasteiger partial charge in [0, 0.05) is 24.2 Å². The van der Waals surface area contributed by atoms with Crippen LogP contribution in [0.1, 0.15) is 52.3 Å². The van der Waals surface area contributed by atoms with Gasteiger partial charge in [0.05, 0.1) is 19.2 Å². The van der Waals surface area contributed by atoms with Crippen LogP contribution in [0.15, 0.2) is 48.6 Å². The second-order valence-electron chi connectivity index (χ2n) is 8.57. The average Bonchev–Trinajstić information content (AvgIpc) is 3.53. The molecule has 0 bridgehead atoms. The molecule has 3 heterocycles. The lowest BCUT2D eigenvalue weighted by Crippen LogP contribution is -2.36. The second-order valence-corrected chi connectivity index (χ2v) is 8.57. The minimum Gasteiger partial charge on any atom is -0.872 e. The Morgan fingerprint density at radius 1 is 1.22 bits per heavy atom. The van der Waals surface area contributed by atoms with Crippen molar-refractivity contribution in [2.45, 2.75) is 39.8 Å². The number of hydrogen-bond acceptors (Lipinski definition) is 5. The van der Waals surface area contributed by atoms with E-state index in [-0.39, 0.29) is 30.0 Å². The first-order valence-electron chi connectivity index (χ1n) is 11.6. The van der Waals surface area contributed by atoms with Crippen LogP contribution >= 0.6 is 0 Å². The van der Waals surface area contributed by atoms with Crippen molar-refractivity contribution in [2.75, 3.05) is 13.2 Å². The Bertz CT molecular complexity index is 1330. The molecule has 1 unspecified atom stereocenters. The number of aromatic amines is 2. The number of halogens is 1. The summed E-state index contributed by atoms with van der Waals surface area (Å²) in [7, 11) is 0. The topological polar surface area (TPSA) is 122 Å². The van der Waals surface area contributed by atoms with Gasteiger partial charge in [-0.15, -0.1) is 0 Å². The van der Waals surface area contributed by atoms with Crippen LogP contribution in [-0.2, 0) is 20.9 Å². The van der Waals surface area contributed by atoms with Crippen molar-refractivity contribution < 1.29 is 33.2 Å². The van der Waals surface area contributed by atoms with Crippen molar-refractivity contribution in [1.29, 1.82) is 0 Å². The van der Waals surface area contributed by atoms with Crippen LogP contribution in [0.3, 0.4) is 0 Å². The molecule has 1 fully saturated rings. The minimum absolute atomic E-state index is 0.119. The van der Waals surface area contributed by atoms with Gasteiger partial charge in [-0.05, 0) is 49.6 Å². The number of ether oxygens (including phenoxy) is 1. The van der Waals surface area contributed by atoms with E-state index in [1.54, 1.807) is 33.3 Å². The molecule has 0 aliphatic carbocycles. The summed E-state index contributed by atoms with van der Waals surface area (Å²) in [6.45, 7) is 5.82. The highest BCUT2D eigenvalue weighted by Crippen LogP contribution is 2.40. The number of H-pyrrole nitrogens is 2. The average molecular weight is 495 g/mol. The van der Waals surface area contributed by atoms with Crippen molar-refractivity contribution in [3.8, 4) is 0 Å². The monoisotopic (exact) mass is 494 g/mol. The summed E-state index contributed by atoms with van der Waals surface area (Å²) in [6, 6.07) is 4.41. The quantitative estimate of drug-likeness (QED) is 0.163. The molecule has 4 rings (SSSR count). The number of hydrogen-bond donors (Lipinski definition) is 2. The Hall–Kier alpha value is -4.21. The molecular weight excluding hydrogens is 467 g/mol.